The lowest BCUT2D eigenvalue weighted by atomic mass is 9.44. The minimum absolute atomic E-state index is 0.0453. The molecule has 2 aromatic carbocycles. The Kier molecular flexibility index (Phi) is 5.56. The summed E-state index contributed by atoms with van der Waals surface area (Å²) in [7, 11) is 0. The molecule has 2 amide bonds. The Hall–Kier alpha value is -2.81. The molecule has 2 aromatic rings. The third kappa shape index (κ3) is 4.67. The molecule has 0 atom stereocenters. The van der Waals surface area contributed by atoms with Crippen LogP contribution in [0.2, 0.25) is 5.02 Å². The molecule has 170 valence electrons. The fourth-order valence-electron chi connectivity index (χ4n) is 4.48. The summed E-state index contributed by atoms with van der Waals surface area (Å²) in [6.07, 6.45) is -3.01. The predicted molar refractivity (Wildman–Crippen MR) is 108 cm³/mol. The van der Waals surface area contributed by atoms with Crippen molar-refractivity contribution in [3.8, 4) is 5.75 Å². The summed E-state index contributed by atoms with van der Waals surface area (Å²) in [6.45, 7) is -0.294. The molecule has 3 aliphatic rings. The number of nitrogens with one attached hydrogen (secondary N) is 2. The molecular weight excluding hydrogens is 452 g/mol. The quantitative estimate of drug-likeness (QED) is 0.600. The minimum Gasteiger partial charge on any atom is -0.484 e. The number of halogens is 5. The molecule has 0 aliphatic heterocycles. The molecule has 5 rings (SSSR count). The summed E-state index contributed by atoms with van der Waals surface area (Å²) in [6, 6.07) is 8.55. The Morgan fingerprint density at radius 1 is 1.00 bits per heavy atom. The maximum atomic E-state index is 13.4. The molecular formula is C22H19ClF4N2O3. The highest BCUT2D eigenvalue weighted by atomic mass is 35.5. The molecule has 0 heterocycles. The van der Waals surface area contributed by atoms with Crippen LogP contribution in [0.15, 0.2) is 42.5 Å². The number of benzene rings is 2. The van der Waals surface area contributed by atoms with E-state index in [1.165, 1.54) is 24.3 Å². The van der Waals surface area contributed by atoms with Crippen LogP contribution in [0.1, 0.15) is 30.4 Å². The Morgan fingerprint density at radius 2 is 1.66 bits per heavy atom. The van der Waals surface area contributed by atoms with Crippen molar-refractivity contribution >= 4 is 23.4 Å². The maximum absolute atomic E-state index is 13.4. The first-order valence-electron chi connectivity index (χ1n) is 9.84. The second kappa shape index (κ2) is 7.95. The Balaban J connectivity index is 1.22. The highest BCUT2D eigenvalue weighted by Gasteiger charge is 2.69. The Morgan fingerprint density at radius 3 is 2.28 bits per heavy atom. The number of alkyl halides is 3. The van der Waals surface area contributed by atoms with E-state index in [-0.39, 0.29) is 41.2 Å². The second-order valence-corrected chi connectivity index (χ2v) is 8.83. The highest BCUT2D eigenvalue weighted by Crippen LogP contribution is 2.60. The first kappa shape index (κ1) is 22.4. The zero-order valence-corrected chi connectivity index (χ0v) is 17.4. The molecule has 0 saturated heterocycles. The fraction of sp³-hybridized carbons (Fsp3) is 0.364. The van der Waals surface area contributed by atoms with Crippen molar-refractivity contribution in [3.63, 3.8) is 0 Å². The van der Waals surface area contributed by atoms with Crippen LogP contribution < -0.4 is 15.4 Å². The smallest absolute Gasteiger partial charge is 0.416 e. The van der Waals surface area contributed by atoms with E-state index >= 15 is 0 Å². The van der Waals surface area contributed by atoms with Gasteiger partial charge in [0.25, 0.3) is 5.91 Å². The van der Waals surface area contributed by atoms with E-state index in [1.807, 2.05) is 0 Å². The molecule has 0 spiro atoms. The monoisotopic (exact) mass is 470 g/mol. The number of rotatable bonds is 7. The Labute approximate surface area is 186 Å². The van der Waals surface area contributed by atoms with Gasteiger partial charge in [-0.2, -0.15) is 13.2 Å². The SMILES string of the molecule is O=C(COc1ccc(Cl)c(F)c1)NC12CC(NC(=O)Cc3cccc(C(F)(F)F)c3)(C1)C2. The van der Waals surface area contributed by atoms with Gasteiger partial charge in [-0.25, -0.2) is 4.39 Å². The maximum Gasteiger partial charge on any atom is 0.416 e. The van der Waals surface area contributed by atoms with Crippen molar-refractivity contribution in [1.29, 1.82) is 0 Å². The van der Waals surface area contributed by atoms with E-state index in [1.54, 1.807) is 0 Å². The number of ether oxygens (including phenoxy) is 1. The van der Waals surface area contributed by atoms with Crippen LogP contribution in [0, 0.1) is 5.82 Å². The van der Waals surface area contributed by atoms with E-state index in [0.29, 0.717) is 19.3 Å². The van der Waals surface area contributed by atoms with Crippen molar-refractivity contribution in [3.05, 3.63) is 64.4 Å². The van der Waals surface area contributed by atoms with Crippen LogP contribution in [0.5, 0.6) is 5.75 Å². The zero-order valence-electron chi connectivity index (χ0n) is 16.7. The van der Waals surface area contributed by atoms with Gasteiger partial charge in [0.2, 0.25) is 5.91 Å². The van der Waals surface area contributed by atoms with Gasteiger partial charge in [0.1, 0.15) is 11.6 Å². The second-order valence-electron chi connectivity index (χ2n) is 8.43. The molecule has 5 nitrogen and oxygen atoms in total. The topological polar surface area (TPSA) is 67.4 Å². The average molecular weight is 471 g/mol. The van der Waals surface area contributed by atoms with E-state index in [9.17, 15) is 27.2 Å². The van der Waals surface area contributed by atoms with Crippen molar-refractivity contribution in [1.82, 2.24) is 10.6 Å². The van der Waals surface area contributed by atoms with E-state index in [4.69, 9.17) is 16.3 Å². The van der Waals surface area contributed by atoms with E-state index in [2.05, 4.69) is 10.6 Å². The molecule has 2 N–H and O–H groups in total. The molecule has 3 saturated carbocycles. The van der Waals surface area contributed by atoms with Crippen molar-refractivity contribution < 1.29 is 31.9 Å². The van der Waals surface area contributed by atoms with Crippen LogP contribution in [0.3, 0.4) is 0 Å². The van der Waals surface area contributed by atoms with Crippen LogP contribution in [-0.2, 0) is 22.2 Å². The molecule has 0 radical (unpaired) electrons. The zero-order chi connectivity index (χ0) is 23.1. The van der Waals surface area contributed by atoms with Gasteiger partial charge in [0.15, 0.2) is 6.61 Å². The van der Waals surface area contributed by atoms with Gasteiger partial charge in [-0.1, -0.05) is 29.8 Å². The van der Waals surface area contributed by atoms with Crippen molar-refractivity contribution in [2.75, 3.05) is 6.61 Å². The standard InChI is InChI=1S/C22H19ClF4N2O3/c23-16-5-4-15(8-17(16)24)32-9-19(31)29-21-10-20(11-21,12-21)28-18(30)7-13-2-1-3-14(6-13)22(25,26)27/h1-6,8H,7,9-12H2,(H,28,30)(H,29,31). The summed E-state index contributed by atoms with van der Waals surface area (Å²) >= 11 is 5.60. The lowest BCUT2D eigenvalue weighted by Crippen LogP contribution is -2.84. The van der Waals surface area contributed by atoms with Gasteiger partial charge in [0.05, 0.1) is 17.0 Å². The Bertz CT molecular complexity index is 1050. The number of carbonyl (C=O) groups excluding carboxylic acids is 2. The molecule has 3 aliphatic carbocycles. The first-order valence-corrected chi connectivity index (χ1v) is 10.2. The van der Waals surface area contributed by atoms with E-state index in [0.717, 1.165) is 18.2 Å². The van der Waals surface area contributed by atoms with Crippen LogP contribution >= 0.6 is 11.6 Å². The summed E-state index contributed by atoms with van der Waals surface area (Å²) in [5.41, 5.74) is -1.37. The molecule has 2 bridgehead atoms. The summed E-state index contributed by atoms with van der Waals surface area (Å²) in [5, 5.41) is 5.70. The summed E-state index contributed by atoms with van der Waals surface area (Å²) < 4.78 is 57.1. The van der Waals surface area contributed by atoms with E-state index < -0.39 is 28.6 Å². The third-order valence-electron chi connectivity index (χ3n) is 5.72. The molecule has 0 unspecified atom stereocenters. The molecule has 3 fully saturated rings. The third-order valence-corrected chi connectivity index (χ3v) is 6.03. The summed E-state index contributed by atoms with van der Waals surface area (Å²) in [4.78, 5) is 24.5. The lowest BCUT2D eigenvalue weighted by Gasteiger charge is -2.70. The normalized spacial score (nSPS) is 23.5. The van der Waals surface area contributed by atoms with Gasteiger partial charge in [0, 0.05) is 17.1 Å². The highest BCUT2D eigenvalue weighted by molar-refractivity contribution is 6.30. The molecule has 0 aromatic heterocycles. The van der Waals surface area contributed by atoms with Gasteiger partial charge in [-0.15, -0.1) is 0 Å². The lowest BCUT2D eigenvalue weighted by molar-refractivity contribution is -0.150. The van der Waals surface area contributed by atoms with Gasteiger partial charge in [-0.05, 0) is 43.0 Å². The number of hydrogen-bond acceptors (Lipinski definition) is 3. The van der Waals surface area contributed by atoms with Gasteiger partial charge < -0.3 is 15.4 Å². The van der Waals surface area contributed by atoms with Crippen molar-refractivity contribution in [2.45, 2.75) is 42.9 Å². The van der Waals surface area contributed by atoms with Crippen LogP contribution in [0.4, 0.5) is 17.6 Å². The number of amides is 2. The number of carbonyl (C=O) groups is 2. The fourth-order valence-corrected chi connectivity index (χ4v) is 4.60. The number of hydrogen-bond donors (Lipinski definition) is 2. The van der Waals surface area contributed by atoms with Crippen molar-refractivity contribution in [2.24, 2.45) is 0 Å². The predicted octanol–water partition coefficient (Wildman–Crippen LogP) is 4.03. The first-order chi connectivity index (χ1) is 15.0. The minimum atomic E-state index is -4.46. The molecule has 32 heavy (non-hydrogen) atoms. The summed E-state index contributed by atoms with van der Waals surface area (Å²) in [5.74, 6) is -1.20. The van der Waals surface area contributed by atoms with Gasteiger partial charge >= 0.3 is 6.18 Å². The van der Waals surface area contributed by atoms with Crippen LogP contribution in [-0.4, -0.2) is 29.5 Å². The van der Waals surface area contributed by atoms with Gasteiger partial charge in [-0.3, -0.25) is 9.59 Å². The largest absolute Gasteiger partial charge is 0.484 e. The molecule has 10 heteroatoms. The average Bonchev–Trinajstić information content (AvgIpc) is 2.66. The van der Waals surface area contributed by atoms with Crippen LogP contribution in [0.25, 0.3) is 0 Å².